The average Bonchev–Trinajstić information content (AvgIpc) is 3.28. The molecule has 0 aliphatic carbocycles. The van der Waals surface area contributed by atoms with Gasteiger partial charge in [-0.25, -0.2) is 9.67 Å². The normalized spacial score (nSPS) is 11.8. The molecule has 1 amide bonds. The topological polar surface area (TPSA) is 77.1 Å². The smallest absolute Gasteiger partial charge is 0.310 e. The molecule has 0 aliphatic heterocycles. The predicted molar refractivity (Wildman–Crippen MR) is 103 cm³/mol. The van der Waals surface area contributed by atoms with E-state index in [1.165, 1.54) is 15.3 Å². The second-order valence-corrected chi connectivity index (χ2v) is 6.77. The molecule has 0 atom stereocenters. The van der Waals surface area contributed by atoms with Crippen LogP contribution in [0.25, 0.3) is 11.3 Å². The molecule has 0 bridgehead atoms. The molecular formula is C20H17F3N6O. The van der Waals surface area contributed by atoms with Crippen molar-refractivity contribution in [3.63, 3.8) is 0 Å². The number of amides is 1. The summed E-state index contributed by atoms with van der Waals surface area (Å²) in [5, 5.41) is 11.3. The minimum atomic E-state index is -4.45. The van der Waals surface area contributed by atoms with Crippen molar-refractivity contribution in [1.29, 1.82) is 0 Å². The number of alkyl halides is 3. The van der Waals surface area contributed by atoms with Crippen molar-refractivity contribution < 1.29 is 18.0 Å². The first-order valence-electron chi connectivity index (χ1n) is 9.05. The average molecular weight is 414 g/mol. The second kappa shape index (κ2) is 7.29. The highest BCUT2D eigenvalue weighted by Crippen LogP contribution is 2.31. The van der Waals surface area contributed by atoms with Gasteiger partial charge < -0.3 is 5.32 Å². The van der Waals surface area contributed by atoms with Gasteiger partial charge in [-0.05, 0) is 38.1 Å². The molecular weight excluding hydrogens is 397 g/mol. The molecule has 7 nitrogen and oxygen atoms in total. The van der Waals surface area contributed by atoms with E-state index in [0.717, 1.165) is 12.1 Å². The number of anilines is 1. The van der Waals surface area contributed by atoms with Gasteiger partial charge in [-0.3, -0.25) is 4.79 Å². The summed E-state index contributed by atoms with van der Waals surface area (Å²) in [5.41, 5.74) is 1.94. The Kier molecular flexibility index (Phi) is 4.76. The molecule has 1 N–H and O–H groups in total. The van der Waals surface area contributed by atoms with Gasteiger partial charge in [0.15, 0.2) is 5.65 Å². The zero-order chi connectivity index (χ0) is 21.5. The minimum Gasteiger partial charge on any atom is -0.310 e. The van der Waals surface area contributed by atoms with Crippen LogP contribution >= 0.6 is 0 Å². The van der Waals surface area contributed by atoms with Crippen molar-refractivity contribution in [3.8, 4) is 5.69 Å². The number of carbonyl (C=O) groups excluding carboxylic acids is 1. The number of hydrogen-bond donors (Lipinski definition) is 1. The maximum absolute atomic E-state index is 13.0. The van der Waals surface area contributed by atoms with Crippen molar-refractivity contribution in [1.82, 2.24) is 24.4 Å². The first-order chi connectivity index (χ1) is 14.2. The SMILES string of the molecule is Cc1nn(-c2cccc(C(F)(F)F)c2)c(C)c1CC(=O)Nc1ccnc2ccnn12. The van der Waals surface area contributed by atoms with Gasteiger partial charge in [0, 0.05) is 23.5 Å². The van der Waals surface area contributed by atoms with Crippen molar-refractivity contribution >= 4 is 17.4 Å². The van der Waals surface area contributed by atoms with Crippen LogP contribution in [0, 0.1) is 13.8 Å². The van der Waals surface area contributed by atoms with Crippen molar-refractivity contribution in [2.24, 2.45) is 0 Å². The number of carbonyl (C=O) groups is 1. The highest BCUT2D eigenvalue weighted by molar-refractivity contribution is 5.92. The lowest BCUT2D eigenvalue weighted by molar-refractivity contribution is -0.137. The first kappa shape index (κ1) is 19.6. The number of fused-ring (bicyclic) bond motifs is 1. The molecule has 10 heteroatoms. The van der Waals surface area contributed by atoms with Crippen molar-refractivity contribution in [2.75, 3.05) is 5.32 Å². The number of halogens is 3. The third-order valence-corrected chi connectivity index (χ3v) is 4.75. The summed E-state index contributed by atoms with van der Waals surface area (Å²) < 4.78 is 42.0. The van der Waals surface area contributed by atoms with E-state index in [-0.39, 0.29) is 18.0 Å². The van der Waals surface area contributed by atoms with Gasteiger partial charge in [-0.1, -0.05) is 6.07 Å². The Hall–Kier alpha value is -3.69. The monoisotopic (exact) mass is 414 g/mol. The molecule has 0 unspecified atom stereocenters. The maximum Gasteiger partial charge on any atom is 0.416 e. The summed E-state index contributed by atoms with van der Waals surface area (Å²) in [6.07, 6.45) is -1.29. The van der Waals surface area contributed by atoms with Gasteiger partial charge in [-0.2, -0.15) is 27.9 Å². The van der Waals surface area contributed by atoms with Gasteiger partial charge in [0.05, 0.1) is 29.6 Å². The number of aryl methyl sites for hydroxylation is 1. The van der Waals surface area contributed by atoms with Crippen LogP contribution in [0.15, 0.2) is 48.8 Å². The van der Waals surface area contributed by atoms with Gasteiger partial charge in [-0.15, -0.1) is 0 Å². The lowest BCUT2D eigenvalue weighted by atomic mass is 10.1. The number of nitrogens with one attached hydrogen (secondary N) is 1. The summed E-state index contributed by atoms with van der Waals surface area (Å²) in [4.78, 5) is 16.8. The number of aromatic nitrogens is 5. The van der Waals surface area contributed by atoms with Crippen LogP contribution in [-0.2, 0) is 17.4 Å². The number of benzene rings is 1. The molecule has 154 valence electrons. The molecule has 0 spiro atoms. The lowest BCUT2D eigenvalue weighted by Gasteiger charge is -2.10. The van der Waals surface area contributed by atoms with Crippen LogP contribution in [0.4, 0.5) is 19.0 Å². The molecule has 3 aromatic heterocycles. The van der Waals surface area contributed by atoms with Gasteiger partial charge in [0.2, 0.25) is 5.91 Å². The first-order valence-corrected chi connectivity index (χ1v) is 9.05. The van der Waals surface area contributed by atoms with Crippen molar-refractivity contribution in [2.45, 2.75) is 26.4 Å². The Morgan fingerprint density at radius 1 is 1.13 bits per heavy atom. The maximum atomic E-state index is 13.0. The molecule has 0 fully saturated rings. The predicted octanol–water partition coefficient (Wildman–Crippen LogP) is 3.73. The fraction of sp³-hybridized carbons (Fsp3) is 0.200. The quantitative estimate of drug-likeness (QED) is 0.552. The van der Waals surface area contributed by atoms with E-state index < -0.39 is 11.7 Å². The highest BCUT2D eigenvalue weighted by atomic mass is 19.4. The zero-order valence-electron chi connectivity index (χ0n) is 16.1. The molecule has 4 rings (SSSR count). The van der Waals surface area contributed by atoms with Crippen LogP contribution in [0.5, 0.6) is 0 Å². The van der Waals surface area contributed by atoms with Gasteiger partial charge in [0.25, 0.3) is 0 Å². The molecule has 30 heavy (non-hydrogen) atoms. The summed E-state index contributed by atoms with van der Waals surface area (Å²) >= 11 is 0. The Bertz CT molecular complexity index is 1240. The molecule has 3 heterocycles. The standard InChI is InChI=1S/C20H17F3N6O/c1-12-16(11-19(30)26-18-6-8-24-17-7-9-25-29(17)18)13(2)28(27-12)15-5-3-4-14(10-15)20(21,22)23/h3-10H,11H2,1-2H3,(H,26,30). The van der Waals surface area contributed by atoms with E-state index in [9.17, 15) is 18.0 Å². The minimum absolute atomic E-state index is 0.0156. The molecule has 0 saturated carbocycles. The van der Waals surface area contributed by atoms with Crippen LogP contribution in [0.2, 0.25) is 0 Å². The van der Waals surface area contributed by atoms with E-state index in [4.69, 9.17) is 0 Å². The van der Waals surface area contributed by atoms with E-state index in [1.54, 1.807) is 44.4 Å². The van der Waals surface area contributed by atoms with Crippen LogP contribution < -0.4 is 5.32 Å². The third-order valence-electron chi connectivity index (χ3n) is 4.75. The van der Waals surface area contributed by atoms with E-state index in [1.807, 2.05) is 0 Å². The Morgan fingerprint density at radius 3 is 2.70 bits per heavy atom. The summed E-state index contributed by atoms with van der Waals surface area (Å²) in [5.74, 6) is 0.170. The largest absolute Gasteiger partial charge is 0.416 e. The number of nitrogens with zero attached hydrogens (tertiary/aromatic N) is 5. The lowest BCUT2D eigenvalue weighted by Crippen LogP contribution is -2.17. The van der Waals surface area contributed by atoms with Crippen molar-refractivity contribution in [3.05, 3.63) is 71.3 Å². The van der Waals surface area contributed by atoms with Crippen LogP contribution in [-0.4, -0.2) is 30.3 Å². The fourth-order valence-corrected chi connectivity index (χ4v) is 3.27. The van der Waals surface area contributed by atoms with E-state index in [2.05, 4.69) is 20.5 Å². The second-order valence-electron chi connectivity index (χ2n) is 6.77. The summed E-state index contributed by atoms with van der Waals surface area (Å²) in [7, 11) is 0. The molecule has 0 radical (unpaired) electrons. The number of hydrogen-bond acceptors (Lipinski definition) is 4. The van der Waals surface area contributed by atoms with Gasteiger partial charge in [0.1, 0.15) is 5.82 Å². The van der Waals surface area contributed by atoms with Crippen LogP contribution in [0.1, 0.15) is 22.5 Å². The molecule has 4 aromatic rings. The van der Waals surface area contributed by atoms with E-state index in [0.29, 0.717) is 28.4 Å². The van der Waals surface area contributed by atoms with E-state index >= 15 is 0 Å². The molecule has 0 saturated heterocycles. The Morgan fingerprint density at radius 2 is 1.93 bits per heavy atom. The Balaban J connectivity index is 1.60. The third kappa shape index (κ3) is 3.63. The van der Waals surface area contributed by atoms with Gasteiger partial charge >= 0.3 is 6.18 Å². The summed E-state index contributed by atoms with van der Waals surface area (Å²) in [6.45, 7) is 3.44. The fourth-order valence-electron chi connectivity index (χ4n) is 3.27. The number of rotatable bonds is 4. The highest BCUT2D eigenvalue weighted by Gasteiger charge is 2.30. The molecule has 1 aromatic carbocycles. The molecule has 0 aliphatic rings. The van der Waals surface area contributed by atoms with Crippen LogP contribution in [0.3, 0.4) is 0 Å². The Labute approximate surface area is 169 Å². The summed E-state index contributed by atoms with van der Waals surface area (Å²) in [6, 6.07) is 8.26. The zero-order valence-corrected chi connectivity index (χ0v) is 16.1.